The highest BCUT2D eigenvalue weighted by Crippen LogP contribution is 2.27. The fourth-order valence-electron chi connectivity index (χ4n) is 1.78. The Hall–Kier alpha value is -1.16. The van der Waals surface area contributed by atoms with Crippen LogP contribution in [0.4, 0.5) is 0 Å². The molecular weight excluding hydrogens is 316 g/mol. The maximum atomic E-state index is 6.21. The maximum absolute atomic E-state index is 6.21. The van der Waals surface area contributed by atoms with Crippen LogP contribution in [-0.2, 0) is 28.8 Å². The highest BCUT2D eigenvalue weighted by atomic mass is 35.5. The molecule has 0 fully saturated rings. The summed E-state index contributed by atoms with van der Waals surface area (Å²) >= 11 is 7.70. The number of hydrogen-bond acceptors (Lipinski definition) is 7. The lowest BCUT2D eigenvalue weighted by atomic mass is 10.3. The van der Waals surface area contributed by atoms with E-state index in [1.807, 2.05) is 14.0 Å². The van der Waals surface area contributed by atoms with Crippen LogP contribution in [-0.4, -0.2) is 50.5 Å². The summed E-state index contributed by atoms with van der Waals surface area (Å²) in [6.07, 6.45) is -0.392. The number of hydrogen-bond donors (Lipinski definition) is 0. The molecule has 2 heterocycles. The molecule has 0 aliphatic carbocycles. The first kappa shape index (κ1) is 16.2. The fraction of sp³-hybridized carbons (Fsp3) is 0.636. The van der Waals surface area contributed by atoms with E-state index < -0.39 is 6.29 Å². The monoisotopic (exact) mass is 332 g/mol. The smallest absolute Gasteiger partial charge is 0.209 e. The number of methoxy groups -OCH3 is 2. The zero-order valence-corrected chi connectivity index (χ0v) is 13.8. The van der Waals surface area contributed by atoms with Gasteiger partial charge in [0.1, 0.15) is 5.15 Å². The van der Waals surface area contributed by atoms with Crippen molar-refractivity contribution in [2.24, 2.45) is 7.05 Å². The second-order valence-corrected chi connectivity index (χ2v) is 5.61. The van der Waals surface area contributed by atoms with Gasteiger partial charge in [-0.3, -0.25) is 4.68 Å². The Morgan fingerprint density at radius 2 is 2.05 bits per heavy atom. The summed E-state index contributed by atoms with van der Waals surface area (Å²) in [4.78, 5) is 0. The summed E-state index contributed by atoms with van der Waals surface area (Å²) in [5.74, 6) is 0.642. The molecule has 116 valence electrons. The quantitative estimate of drug-likeness (QED) is 0.558. The molecule has 2 aromatic heterocycles. The highest BCUT2D eigenvalue weighted by molar-refractivity contribution is 7.98. The average molecular weight is 333 g/mol. The van der Waals surface area contributed by atoms with Crippen LogP contribution in [0.25, 0.3) is 0 Å². The molecule has 8 nitrogen and oxygen atoms in total. The molecule has 0 unspecified atom stereocenters. The first-order valence-electron chi connectivity index (χ1n) is 6.19. The lowest BCUT2D eigenvalue weighted by Gasteiger charge is -2.13. The Balaban J connectivity index is 2.05. The van der Waals surface area contributed by atoms with E-state index in [1.165, 1.54) is 11.8 Å². The van der Waals surface area contributed by atoms with Crippen LogP contribution in [0.3, 0.4) is 0 Å². The van der Waals surface area contributed by atoms with Gasteiger partial charge in [0.15, 0.2) is 6.29 Å². The molecule has 21 heavy (non-hydrogen) atoms. The number of tetrazole rings is 1. The standard InChI is InChI=1S/C11H17ClN6O2S/c1-7-8(10(12)17(2)14-7)6-21-11-13-15-16-18(11)5-9(19-3)20-4/h9H,5-6H2,1-4H3. The van der Waals surface area contributed by atoms with E-state index in [-0.39, 0.29) is 0 Å². The molecule has 0 saturated carbocycles. The Morgan fingerprint density at radius 1 is 1.33 bits per heavy atom. The molecule has 0 radical (unpaired) electrons. The summed E-state index contributed by atoms with van der Waals surface area (Å²) < 4.78 is 13.6. The van der Waals surface area contributed by atoms with Crippen molar-refractivity contribution in [1.82, 2.24) is 30.0 Å². The summed E-state index contributed by atoms with van der Waals surface area (Å²) in [6.45, 7) is 2.35. The van der Waals surface area contributed by atoms with Gasteiger partial charge >= 0.3 is 0 Å². The topological polar surface area (TPSA) is 79.9 Å². The number of aryl methyl sites for hydroxylation is 2. The molecule has 0 amide bonds. The van der Waals surface area contributed by atoms with Gasteiger partial charge in [-0.15, -0.1) is 5.10 Å². The number of aromatic nitrogens is 6. The van der Waals surface area contributed by atoms with Crippen molar-refractivity contribution in [2.75, 3.05) is 14.2 Å². The van der Waals surface area contributed by atoms with Crippen molar-refractivity contribution in [2.45, 2.75) is 30.7 Å². The van der Waals surface area contributed by atoms with Gasteiger partial charge in [0, 0.05) is 32.6 Å². The van der Waals surface area contributed by atoms with Crippen LogP contribution < -0.4 is 0 Å². The van der Waals surface area contributed by atoms with Gasteiger partial charge in [-0.2, -0.15) is 5.10 Å². The highest BCUT2D eigenvalue weighted by Gasteiger charge is 2.16. The second kappa shape index (κ2) is 7.21. The van der Waals surface area contributed by atoms with E-state index in [0.29, 0.717) is 22.6 Å². The molecule has 0 aliphatic heterocycles. The van der Waals surface area contributed by atoms with Gasteiger partial charge in [-0.1, -0.05) is 23.4 Å². The number of thioether (sulfide) groups is 1. The zero-order chi connectivity index (χ0) is 15.4. The molecule has 10 heteroatoms. The number of nitrogens with zero attached hydrogens (tertiary/aromatic N) is 6. The summed E-state index contributed by atoms with van der Waals surface area (Å²) in [5, 5.41) is 17.2. The molecule has 0 aliphatic rings. The second-order valence-electron chi connectivity index (χ2n) is 4.31. The number of rotatable bonds is 7. The predicted octanol–water partition coefficient (Wildman–Crippen LogP) is 1.28. The molecule has 0 N–H and O–H groups in total. The van der Waals surface area contributed by atoms with E-state index in [9.17, 15) is 0 Å². The minimum absolute atomic E-state index is 0.392. The van der Waals surface area contributed by atoms with Crippen molar-refractivity contribution in [3.8, 4) is 0 Å². The third-order valence-corrected chi connectivity index (χ3v) is 4.42. The normalized spacial score (nSPS) is 11.5. The van der Waals surface area contributed by atoms with Gasteiger partial charge in [0.05, 0.1) is 12.2 Å². The molecule has 0 spiro atoms. The number of halogens is 1. The third-order valence-electron chi connectivity index (χ3n) is 2.96. The van der Waals surface area contributed by atoms with Crippen LogP contribution in [0.15, 0.2) is 5.16 Å². The minimum atomic E-state index is -0.392. The zero-order valence-electron chi connectivity index (χ0n) is 12.3. The van der Waals surface area contributed by atoms with E-state index in [1.54, 1.807) is 23.6 Å². The van der Waals surface area contributed by atoms with Gasteiger partial charge in [-0.25, -0.2) is 4.68 Å². The van der Waals surface area contributed by atoms with E-state index >= 15 is 0 Å². The summed E-state index contributed by atoms with van der Waals surface area (Å²) in [5.41, 5.74) is 1.88. The van der Waals surface area contributed by atoms with Crippen LogP contribution in [0.5, 0.6) is 0 Å². The van der Waals surface area contributed by atoms with Crippen LogP contribution in [0, 0.1) is 6.92 Å². The Labute approximate surface area is 131 Å². The summed E-state index contributed by atoms with van der Waals surface area (Å²) in [6, 6.07) is 0. The third kappa shape index (κ3) is 3.73. The van der Waals surface area contributed by atoms with Gasteiger partial charge in [0.25, 0.3) is 0 Å². The Kier molecular flexibility index (Phi) is 5.57. The minimum Gasteiger partial charge on any atom is -0.354 e. The van der Waals surface area contributed by atoms with Crippen molar-refractivity contribution in [3.63, 3.8) is 0 Å². The molecular formula is C11H17ClN6O2S. The van der Waals surface area contributed by atoms with Crippen LogP contribution in [0.1, 0.15) is 11.3 Å². The molecule has 0 bridgehead atoms. The Morgan fingerprint density at radius 3 is 2.62 bits per heavy atom. The first-order valence-corrected chi connectivity index (χ1v) is 7.55. The SMILES string of the molecule is COC(Cn1nnnc1SCc1c(C)nn(C)c1Cl)OC. The molecule has 0 atom stereocenters. The van der Waals surface area contributed by atoms with E-state index in [4.69, 9.17) is 21.1 Å². The fourth-order valence-corrected chi connectivity index (χ4v) is 3.07. The Bertz CT molecular complexity index is 598. The lowest BCUT2D eigenvalue weighted by Crippen LogP contribution is -2.21. The van der Waals surface area contributed by atoms with Crippen molar-refractivity contribution >= 4 is 23.4 Å². The molecule has 0 aromatic carbocycles. The molecule has 2 aromatic rings. The van der Waals surface area contributed by atoms with Gasteiger partial charge < -0.3 is 9.47 Å². The number of ether oxygens (including phenoxy) is 2. The maximum Gasteiger partial charge on any atom is 0.209 e. The van der Waals surface area contributed by atoms with Gasteiger partial charge in [0.2, 0.25) is 5.16 Å². The largest absolute Gasteiger partial charge is 0.354 e. The van der Waals surface area contributed by atoms with Crippen molar-refractivity contribution in [3.05, 3.63) is 16.4 Å². The van der Waals surface area contributed by atoms with Crippen molar-refractivity contribution < 1.29 is 9.47 Å². The molecule has 0 saturated heterocycles. The van der Waals surface area contributed by atoms with Gasteiger partial charge in [-0.05, 0) is 17.4 Å². The lowest BCUT2D eigenvalue weighted by molar-refractivity contribution is -0.113. The van der Waals surface area contributed by atoms with E-state index in [2.05, 4.69) is 20.6 Å². The van der Waals surface area contributed by atoms with Crippen LogP contribution in [0.2, 0.25) is 5.15 Å². The predicted molar refractivity (Wildman–Crippen MR) is 78.1 cm³/mol. The summed E-state index contributed by atoms with van der Waals surface area (Å²) in [7, 11) is 4.96. The average Bonchev–Trinajstić information content (AvgIpc) is 3.00. The van der Waals surface area contributed by atoms with Crippen LogP contribution >= 0.6 is 23.4 Å². The van der Waals surface area contributed by atoms with E-state index in [0.717, 1.165) is 11.3 Å². The van der Waals surface area contributed by atoms with Crippen molar-refractivity contribution in [1.29, 1.82) is 0 Å². The first-order chi connectivity index (χ1) is 10.1. The molecule has 2 rings (SSSR count).